The van der Waals surface area contributed by atoms with E-state index in [1.807, 2.05) is 13.8 Å². The van der Waals surface area contributed by atoms with Crippen LogP contribution in [-0.2, 0) is 4.79 Å². The van der Waals surface area contributed by atoms with Gasteiger partial charge in [-0.25, -0.2) is 0 Å². The van der Waals surface area contributed by atoms with E-state index in [2.05, 4.69) is 0 Å². The second-order valence-corrected chi connectivity index (χ2v) is 3.85. The number of carboxylic acid groups (broad SMARTS) is 1. The standard InChI is InChI=1S/C5H11O2P/c1-4(2)8-3-5(6)7/h4,8H,3H2,1-2H3,(H,6,7). The molecule has 3 heteroatoms. The average molecular weight is 134 g/mol. The van der Waals surface area contributed by atoms with Gasteiger partial charge in [0.25, 0.3) is 0 Å². The Balaban J connectivity index is 3.05. The van der Waals surface area contributed by atoms with E-state index in [1.54, 1.807) is 0 Å². The van der Waals surface area contributed by atoms with Crippen LogP contribution in [-0.4, -0.2) is 22.9 Å². The van der Waals surface area contributed by atoms with Gasteiger partial charge in [-0.2, -0.15) is 0 Å². The van der Waals surface area contributed by atoms with Gasteiger partial charge >= 0.3 is 5.97 Å². The van der Waals surface area contributed by atoms with Crippen molar-refractivity contribution in [3.8, 4) is 0 Å². The number of rotatable bonds is 3. The Morgan fingerprint density at radius 2 is 2.25 bits per heavy atom. The van der Waals surface area contributed by atoms with Gasteiger partial charge in [0.05, 0.1) is 6.16 Å². The van der Waals surface area contributed by atoms with Gasteiger partial charge in [-0.15, -0.1) is 8.58 Å². The summed E-state index contributed by atoms with van der Waals surface area (Å²) in [4.78, 5) is 9.91. The maximum Gasteiger partial charge on any atom is 0.307 e. The van der Waals surface area contributed by atoms with Crippen molar-refractivity contribution in [2.24, 2.45) is 0 Å². The number of carbonyl (C=O) groups is 1. The highest BCUT2D eigenvalue weighted by atomic mass is 31.1. The second-order valence-electron chi connectivity index (χ2n) is 1.93. The van der Waals surface area contributed by atoms with Crippen LogP contribution in [0.5, 0.6) is 0 Å². The first-order chi connectivity index (χ1) is 3.63. The van der Waals surface area contributed by atoms with Crippen molar-refractivity contribution in [1.29, 1.82) is 0 Å². The van der Waals surface area contributed by atoms with E-state index in [1.165, 1.54) is 0 Å². The van der Waals surface area contributed by atoms with Crippen LogP contribution in [0.4, 0.5) is 0 Å². The second kappa shape index (κ2) is 3.85. The molecule has 0 radical (unpaired) electrons. The molecule has 0 rings (SSSR count). The maximum atomic E-state index is 9.91. The van der Waals surface area contributed by atoms with Gasteiger partial charge in [0.15, 0.2) is 0 Å². The molecule has 48 valence electrons. The molecule has 0 amide bonds. The number of hydrogen-bond acceptors (Lipinski definition) is 1. The van der Waals surface area contributed by atoms with Crippen LogP contribution in [0.3, 0.4) is 0 Å². The topological polar surface area (TPSA) is 37.3 Å². The largest absolute Gasteiger partial charge is 0.481 e. The fraction of sp³-hybridized carbons (Fsp3) is 0.800. The summed E-state index contributed by atoms with van der Waals surface area (Å²) in [5, 5.41) is 8.17. The summed E-state index contributed by atoms with van der Waals surface area (Å²) >= 11 is 0. The van der Waals surface area contributed by atoms with Crippen LogP contribution in [0, 0.1) is 0 Å². The molecule has 0 aromatic heterocycles. The fourth-order valence-corrected chi connectivity index (χ4v) is 0.874. The zero-order valence-corrected chi connectivity index (χ0v) is 6.14. The molecule has 8 heavy (non-hydrogen) atoms. The Morgan fingerprint density at radius 1 is 1.75 bits per heavy atom. The normalized spacial score (nSPS) is 11.4. The van der Waals surface area contributed by atoms with Crippen molar-refractivity contribution in [3.63, 3.8) is 0 Å². The molecule has 2 nitrogen and oxygen atoms in total. The molecule has 1 atom stereocenters. The van der Waals surface area contributed by atoms with E-state index in [0.29, 0.717) is 20.4 Å². The van der Waals surface area contributed by atoms with Gasteiger partial charge in [-0.3, -0.25) is 4.79 Å². The number of aliphatic carboxylic acids is 1. The predicted molar refractivity (Wildman–Crippen MR) is 36.0 cm³/mol. The Morgan fingerprint density at radius 3 is 2.38 bits per heavy atom. The highest BCUT2D eigenvalue weighted by Gasteiger charge is 1.97. The highest BCUT2D eigenvalue weighted by Crippen LogP contribution is 2.15. The van der Waals surface area contributed by atoms with Crippen LogP contribution < -0.4 is 0 Å². The lowest BCUT2D eigenvalue weighted by atomic mass is 10.6. The molecule has 0 bridgehead atoms. The molecule has 0 aliphatic carbocycles. The van der Waals surface area contributed by atoms with Gasteiger partial charge < -0.3 is 5.11 Å². The molecular formula is C5H11O2P. The molecule has 0 heterocycles. The third-order valence-corrected chi connectivity index (χ3v) is 1.98. The van der Waals surface area contributed by atoms with Crippen LogP contribution in [0.1, 0.15) is 13.8 Å². The molecule has 0 aliphatic rings. The van der Waals surface area contributed by atoms with Crippen LogP contribution in [0.25, 0.3) is 0 Å². The van der Waals surface area contributed by atoms with Crippen molar-refractivity contribution in [1.82, 2.24) is 0 Å². The molecule has 0 fully saturated rings. The van der Waals surface area contributed by atoms with Gasteiger partial charge in [0.1, 0.15) is 0 Å². The Hall–Kier alpha value is -0.100. The minimum Gasteiger partial charge on any atom is -0.481 e. The van der Waals surface area contributed by atoms with E-state index in [0.717, 1.165) is 0 Å². The van der Waals surface area contributed by atoms with E-state index in [4.69, 9.17) is 5.11 Å². The summed E-state index contributed by atoms with van der Waals surface area (Å²) in [5.41, 5.74) is 0.533. The quantitative estimate of drug-likeness (QED) is 0.588. The Kier molecular flexibility index (Phi) is 3.80. The first-order valence-electron chi connectivity index (χ1n) is 2.58. The summed E-state index contributed by atoms with van der Waals surface area (Å²) in [6.07, 6.45) is 0.331. The van der Waals surface area contributed by atoms with Crippen molar-refractivity contribution in [2.45, 2.75) is 19.5 Å². The van der Waals surface area contributed by atoms with Gasteiger partial charge in [-0.1, -0.05) is 13.8 Å². The highest BCUT2D eigenvalue weighted by molar-refractivity contribution is 7.39. The Bertz CT molecular complexity index is 80.5. The predicted octanol–water partition coefficient (Wildman–Crippen LogP) is 1.16. The first-order valence-corrected chi connectivity index (χ1v) is 3.86. The van der Waals surface area contributed by atoms with E-state index < -0.39 is 5.97 Å². The lowest BCUT2D eigenvalue weighted by molar-refractivity contribution is -0.134. The average Bonchev–Trinajstić information content (AvgIpc) is 1.61. The minimum absolute atomic E-state index is 0.331. The van der Waals surface area contributed by atoms with E-state index >= 15 is 0 Å². The van der Waals surface area contributed by atoms with Gasteiger partial charge in [0.2, 0.25) is 0 Å². The lowest BCUT2D eigenvalue weighted by Gasteiger charge is -1.98. The van der Waals surface area contributed by atoms with Gasteiger partial charge in [0, 0.05) is 0 Å². The van der Waals surface area contributed by atoms with E-state index in [-0.39, 0.29) is 0 Å². The van der Waals surface area contributed by atoms with Gasteiger partial charge in [-0.05, 0) is 5.66 Å². The van der Waals surface area contributed by atoms with E-state index in [9.17, 15) is 4.79 Å². The van der Waals surface area contributed by atoms with Crippen molar-refractivity contribution < 1.29 is 9.90 Å². The molecule has 0 aliphatic heterocycles. The Labute approximate surface area is 51.1 Å². The zero-order valence-electron chi connectivity index (χ0n) is 5.14. The SMILES string of the molecule is CC(C)PCC(=O)O. The summed E-state index contributed by atoms with van der Waals surface area (Å²) < 4.78 is 0. The van der Waals surface area contributed by atoms with Crippen molar-refractivity contribution in [3.05, 3.63) is 0 Å². The molecule has 0 aromatic carbocycles. The molecule has 1 unspecified atom stereocenters. The first kappa shape index (κ1) is 7.90. The summed E-state index contributed by atoms with van der Waals surface area (Å²) in [7, 11) is 0.569. The minimum atomic E-state index is -0.683. The summed E-state index contributed by atoms with van der Waals surface area (Å²) in [6, 6.07) is 0. The monoisotopic (exact) mass is 134 g/mol. The molecule has 0 saturated heterocycles. The molecule has 0 spiro atoms. The third kappa shape index (κ3) is 5.90. The lowest BCUT2D eigenvalue weighted by Crippen LogP contribution is -1.99. The van der Waals surface area contributed by atoms with Crippen LogP contribution in [0.15, 0.2) is 0 Å². The molecule has 0 saturated carbocycles. The number of carboxylic acids is 1. The fourth-order valence-electron chi connectivity index (χ4n) is 0.291. The number of hydrogen-bond donors (Lipinski definition) is 1. The summed E-state index contributed by atoms with van der Waals surface area (Å²) in [5.74, 6) is -0.683. The molecule has 0 aromatic rings. The smallest absolute Gasteiger partial charge is 0.307 e. The molecular weight excluding hydrogens is 123 g/mol. The van der Waals surface area contributed by atoms with Crippen molar-refractivity contribution >= 4 is 14.6 Å². The molecule has 1 N–H and O–H groups in total. The van der Waals surface area contributed by atoms with Crippen molar-refractivity contribution in [2.75, 3.05) is 6.16 Å². The maximum absolute atomic E-state index is 9.91. The third-order valence-electron chi connectivity index (χ3n) is 0.662. The zero-order chi connectivity index (χ0) is 6.57. The summed E-state index contributed by atoms with van der Waals surface area (Å²) in [6.45, 7) is 4.06. The van der Waals surface area contributed by atoms with Crippen LogP contribution >= 0.6 is 8.58 Å². The van der Waals surface area contributed by atoms with Crippen LogP contribution in [0.2, 0.25) is 0 Å².